The molecule has 0 unspecified atom stereocenters. The minimum Gasteiger partial charge on any atom is -0.493 e. The second-order valence-corrected chi connectivity index (χ2v) is 7.82. The predicted octanol–water partition coefficient (Wildman–Crippen LogP) is 2.00. The SMILES string of the molecule is COc1ccc(C(=O)NN2C[C@H](C(=O)OCC(=O)Nc3cccc(C)c3C)CC2=O)cc1OC. The fourth-order valence-corrected chi connectivity index (χ4v) is 3.47. The number of methoxy groups -OCH3 is 2. The van der Waals surface area contributed by atoms with Crippen LogP contribution in [0.15, 0.2) is 36.4 Å². The van der Waals surface area contributed by atoms with Crippen molar-refractivity contribution in [2.75, 3.05) is 32.7 Å². The first-order valence-electron chi connectivity index (χ1n) is 10.6. The molecule has 3 amide bonds. The molecule has 10 heteroatoms. The van der Waals surface area contributed by atoms with E-state index in [1.165, 1.54) is 26.4 Å². The molecule has 1 atom stereocenters. The summed E-state index contributed by atoms with van der Waals surface area (Å²) in [5.41, 5.74) is 5.32. The van der Waals surface area contributed by atoms with Crippen LogP contribution in [0.1, 0.15) is 27.9 Å². The van der Waals surface area contributed by atoms with Crippen LogP contribution in [-0.4, -0.2) is 56.1 Å². The Hall–Kier alpha value is -4.08. The maximum atomic E-state index is 12.6. The van der Waals surface area contributed by atoms with Crippen molar-refractivity contribution in [3.05, 3.63) is 53.1 Å². The fourth-order valence-electron chi connectivity index (χ4n) is 3.47. The van der Waals surface area contributed by atoms with Crippen LogP contribution in [0.25, 0.3) is 0 Å². The molecule has 2 aromatic rings. The maximum absolute atomic E-state index is 12.6. The van der Waals surface area contributed by atoms with Crippen molar-refractivity contribution in [1.82, 2.24) is 10.4 Å². The average Bonchev–Trinajstić information content (AvgIpc) is 3.20. The van der Waals surface area contributed by atoms with Gasteiger partial charge >= 0.3 is 5.97 Å². The summed E-state index contributed by atoms with van der Waals surface area (Å²) in [5, 5.41) is 3.78. The van der Waals surface area contributed by atoms with Crippen molar-refractivity contribution < 1.29 is 33.4 Å². The lowest BCUT2D eigenvalue weighted by Crippen LogP contribution is -2.43. The molecule has 34 heavy (non-hydrogen) atoms. The summed E-state index contributed by atoms with van der Waals surface area (Å²) in [6.07, 6.45) is -0.135. The van der Waals surface area contributed by atoms with Gasteiger partial charge in [0.25, 0.3) is 11.8 Å². The molecule has 2 N–H and O–H groups in total. The van der Waals surface area contributed by atoms with Crippen LogP contribution in [-0.2, 0) is 19.1 Å². The zero-order chi connectivity index (χ0) is 24.8. The summed E-state index contributed by atoms with van der Waals surface area (Å²) in [7, 11) is 2.93. The zero-order valence-electron chi connectivity index (χ0n) is 19.5. The fraction of sp³-hybridized carbons (Fsp3) is 0.333. The minimum absolute atomic E-state index is 0.0602. The van der Waals surface area contributed by atoms with Crippen LogP contribution in [0.5, 0.6) is 11.5 Å². The number of amides is 3. The number of nitrogens with one attached hydrogen (secondary N) is 2. The molecular formula is C24H27N3O7. The lowest BCUT2D eigenvalue weighted by atomic mass is 10.1. The average molecular weight is 469 g/mol. The minimum atomic E-state index is -0.799. The van der Waals surface area contributed by atoms with Crippen molar-refractivity contribution >= 4 is 29.4 Å². The van der Waals surface area contributed by atoms with Crippen LogP contribution in [0.2, 0.25) is 0 Å². The molecule has 180 valence electrons. The molecule has 1 aliphatic heterocycles. The van der Waals surface area contributed by atoms with Gasteiger partial charge in [0.1, 0.15) is 0 Å². The molecule has 1 aliphatic rings. The summed E-state index contributed by atoms with van der Waals surface area (Å²) in [6.45, 7) is 3.27. The largest absolute Gasteiger partial charge is 0.493 e. The van der Waals surface area contributed by atoms with Gasteiger partial charge in [0.15, 0.2) is 18.1 Å². The molecule has 10 nitrogen and oxygen atoms in total. The number of esters is 1. The molecule has 0 spiro atoms. The second kappa shape index (κ2) is 10.7. The van der Waals surface area contributed by atoms with Crippen LogP contribution >= 0.6 is 0 Å². The summed E-state index contributed by atoms with van der Waals surface area (Å²) in [4.78, 5) is 49.5. The molecule has 0 bridgehead atoms. The third-order valence-corrected chi connectivity index (χ3v) is 5.56. The van der Waals surface area contributed by atoms with E-state index >= 15 is 0 Å². The van der Waals surface area contributed by atoms with Gasteiger partial charge in [0.05, 0.1) is 26.7 Å². The maximum Gasteiger partial charge on any atom is 0.311 e. The van der Waals surface area contributed by atoms with Crippen molar-refractivity contribution in [1.29, 1.82) is 0 Å². The Morgan fingerprint density at radius 3 is 2.50 bits per heavy atom. The Morgan fingerprint density at radius 2 is 1.79 bits per heavy atom. The quantitative estimate of drug-likeness (QED) is 0.567. The van der Waals surface area contributed by atoms with Gasteiger partial charge < -0.3 is 19.5 Å². The number of benzene rings is 2. The highest BCUT2D eigenvalue weighted by molar-refractivity contribution is 5.97. The van der Waals surface area contributed by atoms with E-state index in [-0.39, 0.29) is 18.5 Å². The lowest BCUT2D eigenvalue weighted by Gasteiger charge is -2.18. The number of ether oxygens (including phenoxy) is 3. The first kappa shape index (κ1) is 24.6. The third kappa shape index (κ3) is 5.64. The van der Waals surface area contributed by atoms with Gasteiger partial charge in [-0.05, 0) is 49.2 Å². The molecule has 0 saturated carbocycles. The van der Waals surface area contributed by atoms with E-state index in [1.54, 1.807) is 12.1 Å². The summed E-state index contributed by atoms with van der Waals surface area (Å²) in [6, 6.07) is 10.1. The normalized spacial score (nSPS) is 15.0. The number of hydrogen-bond donors (Lipinski definition) is 2. The van der Waals surface area contributed by atoms with Gasteiger partial charge in [-0.15, -0.1) is 0 Å². The number of anilines is 1. The third-order valence-electron chi connectivity index (χ3n) is 5.56. The zero-order valence-corrected chi connectivity index (χ0v) is 19.5. The number of aryl methyl sites for hydroxylation is 1. The van der Waals surface area contributed by atoms with Crippen LogP contribution < -0.4 is 20.2 Å². The Kier molecular flexibility index (Phi) is 7.72. The Bertz CT molecular complexity index is 1120. The Morgan fingerprint density at radius 1 is 1.06 bits per heavy atom. The van der Waals surface area contributed by atoms with E-state index < -0.39 is 36.2 Å². The van der Waals surface area contributed by atoms with Gasteiger partial charge in [0.2, 0.25) is 5.91 Å². The summed E-state index contributed by atoms with van der Waals surface area (Å²) in [5.74, 6) is -2.12. The highest BCUT2D eigenvalue weighted by Crippen LogP contribution is 2.27. The highest BCUT2D eigenvalue weighted by atomic mass is 16.5. The van der Waals surface area contributed by atoms with E-state index in [0.29, 0.717) is 17.2 Å². The first-order valence-corrected chi connectivity index (χ1v) is 10.6. The van der Waals surface area contributed by atoms with E-state index in [9.17, 15) is 19.2 Å². The number of carbonyl (C=O) groups excluding carboxylic acids is 4. The monoisotopic (exact) mass is 469 g/mol. The van der Waals surface area contributed by atoms with Crippen molar-refractivity contribution in [2.45, 2.75) is 20.3 Å². The van der Waals surface area contributed by atoms with E-state index in [2.05, 4.69) is 10.7 Å². The topological polar surface area (TPSA) is 123 Å². The number of carbonyl (C=O) groups is 4. The van der Waals surface area contributed by atoms with E-state index in [4.69, 9.17) is 14.2 Å². The van der Waals surface area contributed by atoms with Gasteiger partial charge in [-0.3, -0.25) is 29.6 Å². The molecule has 1 fully saturated rings. The van der Waals surface area contributed by atoms with E-state index in [1.807, 2.05) is 26.0 Å². The molecule has 0 aromatic heterocycles. The van der Waals surface area contributed by atoms with Crippen LogP contribution in [0.3, 0.4) is 0 Å². The number of nitrogens with zero attached hydrogens (tertiary/aromatic N) is 1. The molecule has 0 aliphatic carbocycles. The van der Waals surface area contributed by atoms with Gasteiger partial charge in [-0.2, -0.15) is 0 Å². The summed E-state index contributed by atoms with van der Waals surface area (Å²) < 4.78 is 15.4. The van der Waals surface area contributed by atoms with E-state index in [0.717, 1.165) is 16.1 Å². The van der Waals surface area contributed by atoms with Crippen molar-refractivity contribution in [3.8, 4) is 11.5 Å². The lowest BCUT2D eigenvalue weighted by molar-refractivity contribution is -0.151. The van der Waals surface area contributed by atoms with Gasteiger partial charge in [0, 0.05) is 17.7 Å². The molecular weight excluding hydrogens is 442 g/mol. The molecule has 3 rings (SSSR count). The van der Waals surface area contributed by atoms with Crippen molar-refractivity contribution in [2.24, 2.45) is 5.92 Å². The first-order chi connectivity index (χ1) is 16.2. The molecule has 1 saturated heterocycles. The summed E-state index contributed by atoms with van der Waals surface area (Å²) >= 11 is 0. The molecule has 1 heterocycles. The number of hydrazine groups is 1. The van der Waals surface area contributed by atoms with Crippen LogP contribution in [0.4, 0.5) is 5.69 Å². The van der Waals surface area contributed by atoms with Crippen molar-refractivity contribution in [3.63, 3.8) is 0 Å². The molecule has 2 aromatic carbocycles. The Balaban J connectivity index is 1.52. The van der Waals surface area contributed by atoms with Gasteiger partial charge in [-0.25, -0.2) is 0 Å². The predicted molar refractivity (Wildman–Crippen MR) is 122 cm³/mol. The number of rotatable bonds is 8. The Labute approximate surface area is 197 Å². The highest BCUT2D eigenvalue weighted by Gasteiger charge is 2.36. The number of hydrogen-bond acceptors (Lipinski definition) is 7. The standard InChI is InChI=1S/C24H27N3O7/c1-14-6-5-7-18(15(14)2)25-21(28)13-34-24(31)17-11-22(29)27(12-17)26-23(30)16-8-9-19(32-3)20(10-16)33-4/h5-10,17H,11-13H2,1-4H3,(H,25,28)(H,26,30)/t17-/m1/s1. The van der Waals surface area contributed by atoms with Crippen LogP contribution in [0, 0.1) is 19.8 Å². The smallest absolute Gasteiger partial charge is 0.311 e. The second-order valence-electron chi connectivity index (χ2n) is 7.82. The van der Waals surface area contributed by atoms with Gasteiger partial charge in [-0.1, -0.05) is 12.1 Å². The molecule has 0 radical (unpaired) electrons.